The molecule has 1 heterocycles. The van der Waals surface area contributed by atoms with Crippen molar-refractivity contribution in [2.45, 2.75) is 44.8 Å². The van der Waals surface area contributed by atoms with E-state index in [-0.39, 0.29) is 6.04 Å². The van der Waals surface area contributed by atoms with Crippen molar-refractivity contribution in [3.63, 3.8) is 0 Å². The number of hydrogen-bond acceptors (Lipinski definition) is 5. The number of aromatic amines is 1. The zero-order valence-corrected chi connectivity index (χ0v) is 12.5. The van der Waals surface area contributed by atoms with Crippen LogP contribution in [-0.4, -0.2) is 29.8 Å². The molecule has 8 heteroatoms. The highest BCUT2D eigenvalue weighted by Gasteiger charge is 2.48. The first-order valence-corrected chi connectivity index (χ1v) is 8.16. The van der Waals surface area contributed by atoms with Gasteiger partial charge in [-0.3, -0.25) is 18.5 Å². The summed E-state index contributed by atoms with van der Waals surface area (Å²) in [6.07, 6.45) is 4.23. The van der Waals surface area contributed by atoms with E-state index in [4.69, 9.17) is 4.18 Å². The summed E-state index contributed by atoms with van der Waals surface area (Å²) in [7, 11) is -3.52. The van der Waals surface area contributed by atoms with Crippen LogP contribution >= 0.6 is 0 Å². The molecule has 1 aliphatic rings. The van der Waals surface area contributed by atoms with Gasteiger partial charge in [-0.05, 0) is 33.1 Å². The number of nitrogens with zero attached hydrogens (tertiary/aromatic N) is 1. The number of nitrogens with one attached hydrogen (secondary N) is 1. The van der Waals surface area contributed by atoms with Crippen LogP contribution in [-0.2, 0) is 14.3 Å². The van der Waals surface area contributed by atoms with Gasteiger partial charge in [0.15, 0.2) is 0 Å². The summed E-state index contributed by atoms with van der Waals surface area (Å²) in [4.78, 5) is 25.3. The normalized spacial score (nSPS) is 18.8. The van der Waals surface area contributed by atoms with Crippen molar-refractivity contribution in [2.75, 3.05) is 6.26 Å². The van der Waals surface area contributed by atoms with Gasteiger partial charge in [0, 0.05) is 17.8 Å². The SMILES string of the molecule is Cc1cn(C(C)CC2(OS(C)(=O)=O)CC2)c(=O)[nH]c1=O. The first kappa shape index (κ1) is 15.0. The van der Waals surface area contributed by atoms with Crippen LogP contribution in [0.25, 0.3) is 0 Å². The monoisotopic (exact) mass is 302 g/mol. The van der Waals surface area contributed by atoms with Crippen LogP contribution in [0.5, 0.6) is 0 Å². The summed E-state index contributed by atoms with van der Waals surface area (Å²) in [6, 6.07) is -0.262. The lowest BCUT2D eigenvalue weighted by atomic mass is 10.1. The third-order valence-electron chi connectivity index (χ3n) is 3.42. The number of aryl methyl sites for hydroxylation is 1. The Morgan fingerprint density at radius 2 is 2.05 bits per heavy atom. The van der Waals surface area contributed by atoms with E-state index in [0.29, 0.717) is 24.8 Å². The van der Waals surface area contributed by atoms with Crippen LogP contribution < -0.4 is 11.2 Å². The summed E-state index contributed by atoms with van der Waals surface area (Å²) in [6.45, 7) is 3.41. The molecule has 20 heavy (non-hydrogen) atoms. The fraction of sp³-hybridized carbons (Fsp3) is 0.667. The standard InChI is InChI=1S/C12H18N2O5S/c1-8-7-14(11(16)13-10(8)15)9(2)6-12(4-5-12)19-20(3,17)18/h7,9H,4-6H2,1-3H3,(H,13,15,16). The maximum atomic E-state index is 11.8. The molecule has 1 aliphatic carbocycles. The molecular weight excluding hydrogens is 284 g/mol. The second-order valence-corrected chi connectivity index (χ2v) is 7.08. The lowest BCUT2D eigenvalue weighted by Gasteiger charge is -2.21. The van der Waals surface area contributed by atoms with Gasteiger partial charge in [0.05, 0.1) is 11.9 Å². The minimum absolute atomic E-state index is 0.262. The average Bonchev–Trinajstić information content (AvgIpc) is 3.00. The van der Waals surface area contributed by atoms with Crippen molar-refractivity contribution in [2.24, 2.45) is 0 Å². The van der Waals surface area contributed by atoms with Gasteiger partial charge in [-0.1, -0.05) is 0 Å². The van der Waals surface area contributed by atoms with Gasteiger partial charge in [0.2, 0.25) is 0 Å². The fourth-order valence-corrected chi connectivity index (χ4v) is 3.21. The highest BCUT2D eigenvalue weighted by atomic mass is 32.2. The average molecular weight is 302 g/mol. The predicted octanol–water partition coefficient (Wildman–Crippen LogP) is 0.305. The van der Waals surface area contributed by atoms with Crippen LogP contribution in [0.4, 0.5) is 0 Å². The molecule has 1 unspecified atom stereocenters. The maximum absolute atomic E-state index is 11.8. The number of aromatic nitrogens is 2. The highest BCUT2D eigenvalue weighted by Crippen LogP contribution is 2.46. The smallest absolute Gasteiger partial charge is 0.297 e. The van der Waals surface area contributed by atoms with Gasteiger partial charge < -0.3 is 0 Å². The summed E-state index contributed by atoms with van der Waals surface area (Å²) in [5.41, 5.74) is -1.17. The van der Waals surface area contributed by atoms with E-state index in [1.165, 1.54) is 10.8 Å². The molecule has 1 N–H and O–H groups in total. The molecular formula is C12H18N2O5S. The molecule has 0 aromatic carbocycles. The Labute approximate surface area is 116 Å². The van der Waals surface area contributed by atoms with E-state index >= 15 is 0 Å². The van der Waals surface area contributed by atoms with E-state index in [0.717, 1.165) is 6.26 Å². The van der Waals surface area contributed by atoms with Crippen molar-refractivity contribution < 1.29 is 12.6 Å². The molecule has 2 rings (SSSR count). The Kier molecular flexibility index (Phi) is 3.64. The molecule has 0 saturated heterocycles. The van der Waals surface area contributed by atoms with Crippen LogP contribution in [0.1, 0.15) is 37.8 Å². The second kappa shape index (κ2) is 4.85. The lowest BCUT2D eigenvalue weighted by Crippen LogP contribution is -2.34. The minimum Gasteiger partial charge on any atom is -0.297 e. The largest absolute Gasteiger partial charge is 0.328 e. The van der Waals surface area contributed by atoms with E-state index < -0.39 is 27.0 Å². The Hall–Kier alpha value is -1.41. The van der Waals surface area contributed by atoms with Crippen LogP contribution in [0.15, 0.2) is 15.8 Å². The van der Waals surface area contributed by atoms with Crippen LogP contribution in [0.2, 0.25) is 0 Å². The predicted molar refractivity (Wildman–Crippen MR) is 73.3 cm³/mol. The molecule has 0 spiro atoms. The Bertz CT molecular complexity index is 727. The van der Waals surface area contributed by atoms with Crippen molar-refractivity contribution in [3.05, 3.63) is 32.6 Å². The third kappa shape index (κ3) is 3.37. The van der Waals surface area contributed by atoms with Crippen LogP contribution in [0.3, 0.4) is 0 Å². The Balaban J connectivity index is 2.21. The minimum atomic E-state index is -3.52. The molecule has 1 aromatic rings. The molecule has 0 amide bonds. The molecule has 1 aromatic heterocycles. The molecule has 0 aliphatic heterocycles. The lowest BCUT2D eigenvalue weighted by molar-refractivity contribution is 0.157. The highest BCUT2D eigenvalue weighted by molar-refractivity contribution is 7.86. The van der Waals surface area contributed by atoms with Crippen molar-refractivity contribution in [3.8, 4) is 0 Å². The van der Waals surface area contributed by atoms with Crippen LogP contribution in [0, 0.1) is 6.92 Å². The zero-order valence-electron chi connectivity index (χ0n) is 11.7. The van der Waals surface area contributed by atoms with Crippen molar-refractivity contribution >= 4 is 10.1 Å². The number of H-pyrrole nitrogens is 1. The van der Waals surface area contributed by atoms with Gasteiger partial charge in [-0.25, -0.2) is 4.79 Å². The Morgan fingerprint density at radius 1 is 1.45 bits per heavy atom. The molecule has 112 valence electrons. The topological polar surface area (TPSA) is 98.2 Å². The van der Waals surface area contributed by atoms with E-state index in [9.17, 15) is 18.0 Å². The third-order valence-corrected chi connectivity index (χ3v) is 4.08. The first-order chi connectivity index (χ1) is 9.12. The van der Waals surface area contributed by atoms with E-state index in [2.05, 4.69) is 4.98 Å². The van der Waals surface area contributed by atoms with Gasteiger partial charge in [0.25, 0.3) is 15.7 Å². The molecule has 0 radical (unpaired) electrons. The van der Waals surface area contributed by atoms with Gasteiger partial charge >= 0.3 is 5.69 Å². The first-order valence-electron chi connectivity index (χ1n) is 6.35. The van der Waals surface area contributed by atoms with Crippen molar-refractivity contribution in [1.29, 1.82) is 0 Å². The van der Waals surface area contributed by atoms with E-state index in [1.54, 1.807) is 13.8 Å². The number of rotatable bonds is 5. The van der Waals surface area contributed by atoms with Gasteiger partial charge in [-0.2, -0.15) is 8.42 Å². The molecule has 1 saturated carbocycles. The second-order valence-electron chi connectivity index (χ2n) is 5.50. The fourth-order valence-electron chi connectivity index (χ4n) is 2.33. The Morgan fingerprint density at radius 3 is 2.55 bits per heavy atom. The molecule has 0 bridgehead atoms. The van der Waals surface area contributed by atoms with E-state index in [1.807, 2.05) is 0 Å². The summed E-state index contributed by atoms with van der Waals surface area (Å²) >= 11 is 0. The quantitative estimate of drug-likeness (QED) is 0.789. The zero-order chi connectivity index (χ0) is 15.1. The van der Waals surface area contributed by atoms with Gasteiger partial charge in [0.1, 0.15) is 0 Å². The molecule has 1 fully saturated rings. The van der Waals surface area contributed by atoms with Crippen molar-refractivity contribution in [1.82, 2.24) is 9.55 Å². The molecule has 1 atom stereocenters. The summed E-state index contributed by atoms with van der Waals surface area (Å²) in [5.74, 6) is 0. The van der Waals surface area contributed by atoms with Gasteiger partial charge in [-0.15, -0.1) is 0 Å². The number of hydrogen-bond donors (Lipinski definition) is 1. The molecule has 7 nitrogen and oxygen atoms in total. The maximum Gasteiger partial charge on any atom is 0.328 e. The summed E-state index contributed by atoms with van der Waals surface area (Å²) < 4.78 is 29.0. The summed E-state index contributed by atoms with van der Waals surface area (Å²) in [5, 5.41) is 0.